The van der Waals surface area contributed by atoms with Gasteiger partial charge in [-0.3, -0.25) is 4.79 Å². The number of hydrogen-bond acceptors (Lipinski definition) is 3. The molecular weight excluding hydrogens is 247 g/mol. The smallest absolute Gasteiger partial charge is 0.255 e. The Kier molecular flexibility index (Phi) is 7.03. The number of carbonyl (C=O) groups excluding carboxylic acids is 1. The van der Waals surface area contributed by atoms with E-state index in [2.05, 4.69) is 11.9 Å². The van der Waals surface area contributed by atoms with E-state index in [0.29, 0.717) is 18.7 Å². The minimum Gasteiger partial charge on any atom is -0.395 e. The van der Waals surface area contributed by atoms with E-state index in [1.807, 2.05) is 0 Å². The zero-order valence-electron chi connectivity index (χ0n) is 11.3. The fraction of sp³-hybridized carbons (Fsp3) is 0.571. The predicted octanol–water partition coefficient (Wildman–Crippen LogP) is 2.24. The topological polar surface area (TPSA) is 53.4 Å². The molecule has 0 unspecified atom stereocenters. The Bertz CT molecular complexity index is 382. The Morgan fingerprint density at radius 3 is 2.68 bits per heavy atom. The quantitative estimate of drug-likeness (QED) is 0.581. The van der Waals surface area contributed by atoms with E-state index in [1.165, 1.54) is 18.3 Å². The highest BCUT2D eigenvalue weighted by atomic mass is 19.1. The van der Waals surface area contributed by atoms with Gasteiger partial charge in [0.15, 0.2) is 0 Å². The summed E-state index contributed by atoms with van der Waals surface area (Å²) in [4.78, 5) is 17.2. The lowest BCUT2D eigenvalue weighted by Gasteiger charge is -2.21. The molecule has 0 bridgehead atoms. The van der Waals surface area contributed by atoms with Crippen molar-refractivity contribution in [2.45, 2.75) is 32.6 Å². The summed E-state index contributed by atoms with van der Waals surface area (Å²) < 4.78 is 12.7. The van der Waals surface area contributed by atoms with Crippen molar-refractivity contribution in [3.8, 4) is 0 Å². The van der Waals surface area contributed by atoms with Crippen molar-refractivity contribution in [1.29, 1.82) is 0 Å². The van der Waals surface area contributed by atoms with Crippen molar-refractivity contribution in [1.82, 2.24) is 9.88 Å². The summed E-state index contributed by atoms with van der Waals surface area (Å²) in [6, 6.07) is 2.59. The molecule has 0 aliphatic heterocycles. The third kappa shape index (κ3) is 5.34. The van der Waals surface area contributed by atoms with E-state index in [0.717, 1.165) is 25.7 Å². The van der Waals surface area contributed by atoms with E-state index in [1.54, 1.807) is 4.90 Å². The summed E-state index contributed by atoms with van der Waals surface area (Å²) in [5, 5.41) is 9.01. The summed E-state index contributed by atoms with van der Waals surface area (Å²) in [6.45, 7) is 2.95. The lowest BCUT2D eigenvalue weighted by atomic mass is 10.2. The van der Waals surface area contributed by atoms with Gasteiger partial charge in [-0.05, 0) is 18.6 Å². The lowest BCUT2D eigenvalue weighted by Crippen LogP contribution is -2.34. The van der Waals surface area contributed by atoms with Crippen molar-refractivity contribution in [2.75, 3.05) is 19.7 Å². The molecule has 0 spiro atoms. The van der Waals surface area contributed by atoms with Crippen LogP contribution in [0.15, 0.2) is 18.3 Å². The SMILES string of the molecule is CCCCCCN(CCO)C(=O)c1ccc(F)nc1. The highest BCUT2D eigenvalue weighted by Crippen LogP contribution is 2.07. The highest BCUT2D eigenvalue weighted by molar-refractivity contribution is 5.93. The van der Waals surface area contributed by atoms with Gasteiger partial charge in [0.1, 0.15) is 0 Å². The van der Waals surface area contributed by atoms with E-state index >= 15 is 0 Å². The molecule has 19 heavy (non-hydrogen) atoms. The summed E-state index contributed by atoms with van der Waals surface area (Å²) in [7, 11) is 0. The van der Waals surface area contributed by atoms with Crippen LogP contribution in [0.1, 0.15) is 43.0 Å². The second-order valence-electron chi connectivity index (χ2n) is 4.45. The molecule has 1 aromatic heterocycles. The molecule has 0 aliphatic rings. The van der Waals surface area contributed by atoms with Gasteiger partial charge in [0, 0.05) is 19.3 Å². The van der Waals surface area contributed by atoms with E-state index < -0.39 is 5.95 Å². The molecule has 4 nitrogen and oxygen atoms in total. The van der Waals surface area contributed by atoms with Crippen molar-refractivity contribution < 1.29 is 14.3 Å². The second kappa shape index (κ2) is 8.58. The van der Waals surface area contributed by atoms with Gasteiger partial charge < -0.3 is 10.0 Å². The molecule has 0 aliphatic carbocycles. The number of carbonyl (C=O) groups is 1. The van der Waals surface area contributed by atoms with E-state index in [9.17, 15) is 9.18 Å². The van der Waals surface area contributed by atoms with Crippen molar-refractivity contribution in [3.05, 3.63) is 29.8 Å². The van der Waals surface area contributed by atoms with Crippen LogP contribution in [-0.2, 0) is 0 Å². The zero-order valence-corrected chi connectivity index (χ0v) is 11.3. The van der Waals surface area contributed by atoms with Crippen LogP contribution in [0.4, 0.5) is 4.39 Å². The predicted molar refractivity (Wildman–Crippen MR) is 71.3 cm³/mol. The number of aliphatic hydroxyl groups excluding tert-OH is 1. The number of unbranched alkanes of at least 4 members (excludes halogenated alkanes) is 3. The fourth-order valence-corrected chi connectivity index (χ4v) is 1.85. The fourth-order valence-electron chi connectivity index (χ4n) is 1.85. The maximum absolute atomic E-state index is 12.7. The normalized spacial score (nSPS) is 10.5. The van der Waals surface area contributed by atoms with Gasteiger partial charge >= 0.3 is 0 Å². The Morgan fingerprint density at radius 1 is 1.32 bits per heavy atom. The number of nitrogens with zero attached hydrogens (tertiary/aromatic N) is 2. The average molecular weight is 268 g/mol. The number of rotatable bonds is 8. The minimum atomic E-state index is -0.604. The Labute approximate surface area is 113 Å². The van der Waals surface area contributed by atoms with E-state index in [4.69, 9.17) is 5.11 Å². The van der Waals surface area contributed by atoms with Crippen molar-refractivity contribution in [3.63, 3.8) is 0 Å². The molecule has 1 amide bonds. The number of hydrogen-bond donors (Lipinski definition) is 1. The van der Waals surface area contributed by atoms with Gasteiger partial charge in [-0.1, -0.05) is 26.2 Å². The molecule has 0 aromatic carbocycles. The van der Waals surface area contributed by atoms with Crippen LogP contribution in [0.2, 0.25) is 0 Å². The summed E-state index contributed by atoms with van der Waals surface area (Å²) in [5.41, 5.74) is 0.352. The molecule has 106 valence electrons. The largest absolute Gasteiger partial charge is 0.395 e. The Balaban J connectivity index is 2.58. The number of pyridine rings is 1. The third-order valence-electron chi connectivity index (χ3n) is 2.91. The molecule has 1 N–H and O–H groups in total. The maximum Gasteiger partial charge on any atom is 0.255 e. The highest BCUT2D eigenvalue weighted by Gasteiger charge is 2.15. The van der Waals surface area contributed by atoms with Crippen LogP contribution in [0.25, 0.3) is 0 Å². The zero-order chi connectivity index (χ0) is 14.1. The molecule has 0 fully saturated rings. The van der Waals surface area contributed by atoms with E-state index in [-0.39, 0.29) is 12.5 Å². The molecule has 1 aromatic rings. The molecule has 0 saturated carbocycles. The van der Waals surface area contributed by atoms with Gasteiger partial charge in [0.2, 0.25) is 5.95 Å². The van der Waals surface area contributed by atoms with Gasteiger partial charge in [0.25, 0.3) is 5.91 Å². The second-order valence-corrected chi connectivity index (χ2v) is 4.45. The summed E-state index contributed by atoms with van der Waals surface area (Å²) >= 11 is 0. The first-order chi connectivity index (χ1) is 9.19. The molecular formula is C14H21FN2O2. The van der Waals surface area contributed by atoms with Crippen LogP contribution in [0.5, 0.6) is 0 Å². The molecule has 0 saturated heterocycles. The van der Waals surface area contributed by atoms with Crippen LogP contribution in [-0.4, -0.2) is 40.6 Å². The van der Waals surface area contributed by atoms with Crippen molar-refractivity contribution >= 4 is 5.91 Å². The van der Waals surface area contributed by atoms with Gasteiger partial charge in [-0.25, -0.2) is 4.98 Å². The molecule has 0 radical (unpaired) electrons. The Hall–Kier alpha value is -1.49. The first-order valence-corrected chi connectivity index (χ1v) is 6.70. The number of aliphatic hydroxyl groups is 1. The van der Waals surface area contributed by atoms with Gasteiger partial charge in [0.05, 0.1) is 12.2 Å². The van der Waals surface area contributed by atoms with Gasteiger partial charge in [-0.2, -0.15) is 4.39 Å². The average Bonchev–Trinajstić information content (AvgIpc) is 2.42. The van der Waals surface area contributed by atoms with Crippen molar-refractivity contribution in [2.24, 2.45) is 0 Å². The van der Waals surface area contributed by atoms with Crippen LogP contribution >= 0.6 is 0 Å². The van der Waals surface area contributed by atoms with Crippen LogP contribution in [0.3, 0.4) is 0 Å². The molecule has 1 heterocycles. The third-order valence-corrected chi connectivity index (χ3v) is 2.91. The van der Waals surface area contributed by atoms with Gasteiger partial charge in [-0.15, -0.1) is 0 Å². The van der Waals surface area contributed by atoms with Crippen LogP contribution in [0, 0.1) is 5.95 Å². The maximum atomic E-state index is 12.7. The lowest BCUT2D eigenvalue weighted by molar-refractivity contribution is 0.0718. The Morgan fingerprint density at radius 2 is 2.11 bits per heavy atom. The molecule has 1 rings (SSSR count). The minimum absolute atomic E-state index is 0.0753. The van der Waals surface area contributed by atoms with Crippen LogP contribution < -0.4 is 0 Å². The number of amides is 1. The summed E-state index contributed by atoms with van der Waals surface area (Å²) in [6.07, 6.45) is 5.48. The molecule has 5 heteroatoms. The summed E-state index contributed by atoms with van der Waals surface area (Å²) in [5.74, 6) is -0.814. The first kappa shape index (κ1) is 15.6. The number of halogens is 1. The first-order valence-electron chi connectivity index (χ1n) is 6.70. The molecule has 0 atom stereocenters. The number of aromatic nitrogens is 1. The standard InChI is InChI=1S/C14H21FN2O2/c1-2-3-4-5-8-17(9-10-18)14(19)12-6-7-13(15)16-11-12/h6-7,11,18H,2-5,8-10H2,1H3. The monoisotopic (exact) mass is 268 g/mol.